The molecule has 3 heterocycles. The highest BCUT2D eigenvalue weighted by Crippen LogP contribution is 2.35. The van der Waals surface area contributed by atoms with E-state index in [0.29, 0.717) is 12.3 Å². The third-order valence-electron chi connectivity index (χ3n) is 8.09. The van der Waals surface area contributed by atoms with Gasteiger partial charge < -0.3 is 9.84 Å². The molecule has 2 aromatic rings. The molecule has 0 radical (unpaired) electrons. The second-order valence-corrected chi connectivity index (χ2v) is 12.2. The molecule has 202 valence electrons. The van der Waals surface area contributed by atoms with Crippen LogP contribution in [0.2, 0.25) is 0 Å². The predicted octanol–water partition coefficient (Wildman–Crippen LogP) is 5.39. The number of ketones is 1. The molecule has 0 saturated carbocycles. The summed E-state index contributed by atoms with van der Waals surface area (Å²) in [5.74, 6) is -0.324. The van der Waals surface area contributed by atoms with Crippen molar-refractivity contribution >= 4 is 29.2 Å². The van der Waals surface area contributed by atoms with E-state index in [9.17, 15) is 14.7 Å². The molecule has 1 N–H and O–H groups in total. The maximum absolute atomic E-state index is 13.4. The smallest absolute Gasteiger partial charge is 0.309 e. The minimum absolute atomic E-state index is 0.0236. The number of carbonyl (C=O) groups is 2. The first-order valence-corrected chi connectivity index (χ1v) is 14.1. The molecule has 0 amide bonds. The zero-order valence-electron chi connectivity index (χ0n) is 23.2. The SMILES string of the molecule is C/C(=C\c1csc(C)n1)[C@@H]1Cc2ncncc2CCC[C@H](C)[C@H](C)[C@@H](C)C(=O)C(C)(C)[C@@H](O)CC(=O)O1. The summed E-state index contributed by atoms with van der Waals surface area (Å²) in [6, 6.07) is 0. The van der Waals surface area contributed by atoms with Gasteiger partial charge in [-0.2, -0.15) is 0 Å². The molecule has 0 saturated heterocycles. The van der Waals surface area contributed by atoms with Gasteiger partial charge in [0.25, 0.3) is 0 Å². The Morgan fingerprint density at radius 1 is 1.22 bits per heavy atom. The van der Waals surface area contributed by atoms with E-state index >= 15 is 0 Å². The summed E-state index contributed by atoms with van der Waals surface area (Å²) in [5, 5.41) is 13.9. The van der Waals surface area contributed by atoms with E-state index in [1.54, 1.807) is 25.2 Å². The quantitative estimate of drug-likeness (QED) is 0.522. The number of Topliss-reactive ketones (excluding diaryl/α,β-unsaturated/α-hetero) is 1. The number of aliphatic hydroxyl groups is 1. The van der Waals surface area contributed by atoms with Gasteiger partial charge in [0, 0.05) is 23.9 Å². The zero-order chi connectivity index (χ0) is 27.3. The number of esters is 1. The highest BCUT2D eigenvalue weighted by Gasteiger charge is 2.41. The fourth-order valence-corrected chi connectivity index (χ4v) is 5.57. The van der Waals surface area contributed by atoms with Crippen LogP contribution in [-0.2, 0) is 27.2 Å². The lowest BCUT2D eigenvalue weighted by molar-refractivity contribution is -0.153. The molecule has 0 aromatic carbocycles. The molecule has 0 unspecified atom stereocenters. The van der Waals surface area contributed by atoms with Gasteiger partial charge in [-0.05, 0) is 55.7 Å². The third-order valence-corrected chi connectivity index (χ3v) is 8.88. The number of rotatable bonds is 2. The van der Waals surface area contributed by atoms with Crippen molar-refractivity contribution in [3.63, 3.8) is 0 Å². The Hall–Kier alpha value is -2.45. The van der Waals surface area contributed by atoms with E-state index < -0.39 is 23.6 Å². The monoisotopic (exact) mass is 527 g/mol. The first-order valence-electron chi connectivity index (χ1n) is 13.2. The average Bonchev–Trinajstić information content (AvgIpc) is 3.26. The van der Waals surface area contributed by atoms with Crippen LogP contribution in [0, 0.1) is 30.1 Å². The van der Waals surface area contributed by atoms with Crippen molar-refractivity contribution in [3.8, 4) is 0 Å². The van der Waals surface area contributed by atoms with Crippen molar-refractivity contribution in [1.29, 1.82) is 0 Å². The van der Waals surface area contributed by atoms with Crippen LogP contribution in [0.15, 0.2) is 23.5 Å². The molecule has 5 atom stereocenters. The molecule has 0 aliphatic carbocycles. The van der Waals surface area contributed by atoms with Crippen LogP contribution >= 0.6 is 11.3 Å². The molecule has 37 heavy (non-hydrogen) atoms. The van der Waals surface area contributed by atoms with Crippen molar-refractivity contribution in [1.82, 2.24) is 15.0 Å². The molecule has 8 heteroatoms. The molecule has 0 spiro atoms. The third kappa shape index (κ3) is 7.32. The lowest BCUT2D eigenvalue weighted by Crippen LogP contribution is -2.44. The number of cyclic esters (lactones) is 1. The predicted molar refractivity (Wildman–Crippen MR) is 146 cm³/mol. The van der Waals surface area contributed by atoms with Crippen molar-refractivity contribution in [3.05, 3.63) is 45.4 Å². The normalized spacial score (nSPS) is 28.4. The van der Waals surface area contributed by atoms with Crippen LogP contribution in [0.1, 0.15) is 82.8 Å². The summed E-state index contributed by atoms with van der Waals surface area (Å²) in [4.78, 5) is 39.8. The molecular formula is C29H41N3O4S. The topological polar surface area (TPSA) is 102 Å². The van der Waals surface area contributed by atoms with Crippen LogP contribution in [0.3, 0.4) is 0 Å². The minimum atomic E-state index is -1.15. The zero-order valence-corrected chi connectivity index (χ0v) is 24.0. The molecule has 2 aromatic heterocycles. The number of nitrogens with zero attached hydrogens (tertiary/aromatic N) is 3. The van der Waals surface area contributed by atoms with Gasteiger partial charge in [-0.15, -0.1) is 11.3 Å². The molecule has 3 rings (SSSR count). The maximum Gasteiger partial charge on any atom is 0.309 e. The Morgan fingerprint density at radius 2 is 1.95 bits per heavy atom. The fraction of sp³-hybridized carbons (Fsp3) is 0.621. The van der Waals surface area contributed by atoms with E-state index in [1.165, 1.54) is 6.33 Å². The van der Waals surface area contributed by atoms with E-state index in [0.717, 1.165) is 46.8 Å². The summed E-state index contributed by atoms with van der Waals surface area (Å²) in [5.41, 5.74) is 2.48. The number of aromatic nitrogens is 3. The Bertz CT molecular complexity index is 1130. The van der Waals surface area contributed by atoms with Crippen LogP contribution in [0.4, 0.5) is 0 Å². The van der Waals surface area contributed by atoms with E-state index in [-0.39, 0.29) is 24.0 Å². The standard InChI is InChI=1S/C29H41N3O4S/c1-17-9-8-10-22-14-30-16-31-24(22)12-25(18(2)11-23-15-37-21(5)32-23)36-27(34)13-26(33)29(6,7)28(35)20(4)19(17)3/h11,14-17,19-20,25-26,33H,8-10,12-13H2,1-7H3/b18-11+/t17-,19-,20+,25-,26-/m0/s1. The summed E-state index contributed by atoms with van der Waals surface area (Å²) >= 11 is 1.56. The largest absolute Gasteiger partial charge is 0.457 e. The molecule has 7 nitrogen and oxygen atoms in total. The van der Waals surface area contributed by atoms with Gasteiger partial charge >= 0.3 is 5.97 Å². The maximum atomic E-state index is 13.4. The highest BCUT2D eigenvalue weighted by molar-refractivity contribution is 7.09. The minimum Gasteiger partial charge on any atom is -0.457 e. The van der Waals surface area contributed by atoms with Gasteiger partial charge in [0.15, 0.2) is 0 Å². The van der Waals surface area contributed by atoms with Crippen LogP contribution in [-0.4, -0.2) is 44.0 Å². The number of aliphatic hydroxyl groups excluding tert-OH is 1. The van der Waals surface area contributed by atoms with Gasteiger partial charge in [0.1, 0.15) is 18.2 Å². The van der Waals surface area contributed by atoms with Crippen molar-refractivity contribution in [2.75, 3.05) is 0 Å². The molecule has 1 aliphatic rings. The van der Waals surface area contributed by atoms with Gasteiger partial charge in [0.2, 0.25) is 0 Å². The second-order valence-electron chi connectivity index (χ2n) is 11.2. The Kier molecular flexibility index (Phi) is 9.75. The number of hydrogen-bond acceptors (Lipinski definition) is 8. The first kappa shape index (κ1) is 29.1. The van der Waals surface area contributed by atoms with Crippen LogP contribution < -0.4 is 0 Å². The number of aryl methyl sites for hydroxylation is 2. The fourth-order valence-electron chi connectivity index (χ4n) is 5.00. The number of thiazole rings is 1. The molecular weight excluding hydrogens is 486 g/mol. The van der Waals surface area contributed by atoms with Crippen molar-refractivity contribution in [2.45, 2.75) is 92.8 Å². The molecule has 1 aliphatic heterocycles. The summed E-state index contributed by atoms with van der Waals surface area (Å²) in [6.45, 7) is 13.5. The number of carbonyl (C=O) groups excluding carboxylic acids is 2. The van der Waals surface area contributed by atoms with Gasteiger partial charge in [-0.3, -0.25) is 9.59 Å². The van der Waals surface area contributed by atoms with Crippen molar-refractivity contribution in [2.24, 2.45) is 23.2 Å². The summed E-state index contributed by atoms with van der Waals surface area (Å²) < 4.78 is 5.95. The molecule has 0 bridgehead atoms. The number of hydrogen-bond donors (Lipinski definition) is 1. The van der Waals surface area contributed by atoms with E-state index in [4.69, 9.17) is 4.74 Å². The highest BCUT2D eigenvalue weighted by atomic mass is 32.1. The van der Waals surface area contributed by atoms with Gasteiger partial charge in [-0.1, -0.05) is 41.0 Å². The Labute approximate surface area is 224 Å². The van der Waals surface area contributed by atoms with Crippen molar-refractivity contribution < 1.29 is 19.4 Å². The molecule has 0 fully saturated rings. The number of ether oxygens (including phenoxy) is 1. The average molecular weight is 528 g/mol. The van der Waals surface area contributed by atoms with Crippen LogP contribution in [0.25, 0.3) is 6.08 Å². The van der Waals surface area contributed by atoms with Crippen LogP contribution in [0.5, 0.6) is 0 Å². The summed E-state index contributed by atoms with van der Waals surface area (Å²) in [6.07, 6.45) is 6.44. The summed E-state index contributed by atoms with van der Waals surface area (Å²) in [7, 11) is 0. The number of fused-ring (bicyclic) bond motifs is 1. The Morgan fingerprint density at radius 3 is 2.62 bits per heavy atom. The lowest BCUT2D eigenvalue weighted by atomic mass is 9.70. The lowest BCUT2D eigenvalue weighted by Gasteiger charge is -2.35. The second kappa shape index (κ2) is 12.4. The first-order chi connectivity index (χ1) is 17.4. The van der Waals surface area contributed by atoms with Gasteiger partial charge in [0.05, 0.1) is 34.3 Å². The Balaban J connectivity index is 1.97. The van der Waals surface area contributed by atoms with E-state index in [1.807, 2.05) is 38.4 Å². The van der Waals surface area contributed by atoms with Gasteiger partial charge in [-0.25, -0.2) is 15.0 Å². The van der Waals surface area contributed by atoms with E-state index in [2.05, 4.69) is 28.8 Å².